The molecule has 0 amide bonds. The molecule has 1 aromatic heterocycles. The number of carbonyl (C=O) groups excluding carboxylic acids is 1. The van der Waals surface area contributed by atoms with Gasteiger partial charge >= 0.3 is 5.97 Å². The predicted molar refractivity (Wildman–Crippen MR) is 141 cm³/mol. The molecule has 0 radical (unpaired) electrons. The Kier molecular flexibility index (Phi) is 7.52. The van der Waals surface area contributed by atoms with Crippen LogP contribution in [0.1, 0.15) is 27.5 Å². The number of aromatic nitrogens is 1. The molecule has 4 rings (SSSR count). The van der Waals surface area contributed by atoms with E-state index in [2.05, 4.69) is 30.9 Å². The lowest BCUT2D eigenvalue weighted by Gasteiger charge is -2.38. The molecule has 0 N–H and O–H groups in total. The van der Waals surface area contributed by atoms with E-state index in [1.165, 1.54) is 30.4 Å². The zero-order valence-electron chi connectivity index (χ0n) is 19.6. The quantitative estimate of drug-likeness (QED) is 0.274. The van der Waals surface area contributed by atoms with Crippen molar-refractivity contribution in [2.24, 2.45) is 4.99 Å². The van der Waals surface area contributed by atoms with Crippen molar-refractivity contribution in [3.05, 3.63) is 111 Å². The first-order chi connectivity index (χ1) is 17.3. The van der Waals surface area contributed by atoms with Crippen LogP contribution in [0, 0.1) is 5.82 Å². The number of ether oxygens (including phenoxy) is 1. The highest BCUT2D eigenvalue weighted by Gasteiger charge is 2.32. The fourth-order valence-corrected chi connectivity index (χ4v) is 4.17. The van der Waals surface area contributed by atoms with Gasteiger partial charge < -0.3 is 14.1 Å². The van der Waals surface area contributed by atoms with Crippen molar-refractivity contribution >= 4 is 36.6 Å². The minimum absolute atomic E-state index is 0.213. The highest BCUT2D eigenvalue weighted by atomic mass is 32.1. The molecule has 1 fully saturated rings. The zero-order valence-corrected chi connectivity index (χ0v) is 20.5. The van der Waals surface area contributed by atoms with E-state index >= 15 is 0 Å². The van der Waals surface area contributed by atoms with Crippen LogP contribution in [0.15, 0.2) is 88.1 Å². The lowest BCUT2D eigenvalue weighted by Crippen LogP contribution is -2.50. The first-order valence-electron chi connectivity index (χ1n) is 11.0. The van der Waals surface area contributed by atoms with Gasteiger partial charge in [-0.25, -0.2) is 9.18 Å². The fourth-order valence-electron chi connectivity index (χ4n) is 3.95. The van der Waals surface area contributed by atoms with Crippen molar-refractivity contribution in [3.63, 3.8) is 0 Å². The Balaban J connectivity index is 1.63. The molecule has 1 saturated heterocycles. The van der Waals surface area contributed by atoms with Crippen molar-refractivity contribution in [2.75, 3.05) is 20.2 Å². The molecule has 0 saturated carbocycles. The molecule has 0 bridgehead atoms. The van der Waals surface area contributed by atoms with E-state index in [9.17, 15) is 14.0 Å². The van der Waals surface area contributed by atoms with Gasteiger partial charge in [-0.05, 0) is 37.0 Å². The molecule has 36 heavy (non-hydrogen) atoms. The summed E-state index contributed by atoms with van der Waals surface area (Å²) in [7, 11) is 1.44. The van der Waals surface area contributed by atoms with Crippen LogP contribution in [0.4, 0.5) is 4.39 Å². The molecule has 0 atom stereocenters. The number of thiol groups is 1. The number of benzene rings is 2. The highest BCUT2D eigenvalue weighted by molar-refractivity contribution is 7.85. The van der Waals surface area contributed by atoms with Crippen molar-refractivity contribution in [2.45, 2.75) is 6.04 Å². The molecular weight excluding hydrogens is 481 g/mol. The van der Waals surface area contributed by atoms with Gasteiger partial charge in [0.25, 0.3) is 5.56 Å². The molecule has 0 spiro atoms. The van der Waals surface area contributed by atoms with Crippen LogP contribution in [0.5, 0.6) is 5.75 Å². The highest BCUT2D eigenvalue weighted by Crippen LogP contribution is 2.38. The van der Waals surface area contributed by atoms with Crippen LogP contribution < -0.4 is 10.3 Å². The summed E-state index contributed by atoms with van der Waals surface area (Å²) in [6, 6.07) is 15.6. The number of hydroxylamine groups is 2. The van der Waals surface area contributed by atoms with Gasteiger partial charge in [-0.15, -0.1) is 17.7 Å². The number of hydrogen-bond donors (Lipinski definition) is 1. The molecule has 3 aromatic rings. The normalized spacial score (nSPS) is 14.4. The van der Waals surface area contributed by atoms with E-state index in [0.29, 0.717) is 46.0 Å². The molecule has 0 unspecified atom stereocenters. The van der Waals surface area contributed by atoms with Crippen molar-refractivity contribution < 1.29 is 18.8 Å². The van der Waals surface area contributed by atoms with Crippen molar-refractivity contribution in [1.29, 1.82) is 0 Å². The Bertz CT molecular complexity index is 1410. The average molecular weight is 506 g/mol. The molecule has 1 aliphatic heterocycles. The van der Waals surface area contributed by atoms with Crippen LogP contribution in [-0.2, 0) is 4.84 Å². The van der Waals surface area contributed by atoms with Crippen LogP contribution in [-0.4, -0.2) is 42.5 Å². The molecule has 1 aliphatic rings. The number of rotatable bonds is 8. The second-order valence-corrected chi connectivity index (χ2v) is 8.62. The van der Waals surface area contributed by atoms with Gasteiger partial charge in [-0.2, -0.15) is 0 Å². The summed E-state index contributed by atoms with van der Waals surface area (Å²) < 4.78 is 20.7. The van der Waals surface area contributed by atoms with E-state index in [1.807, 2.05) is 6.07 Å². The fraction of sp³-hybridized carbons (Fsp3) is 0.148. The van der Waals surface area contributed by atoms with Gasteiger partial charge in [0.05, 0.1) is 37.5 Å². The van der Waals surface area contributed by atoms with Gasteiger partial charge in [0.2, 0.25) is 0 Å². The Hall–Kier alpha value is -3.95. The first kappa shape index (κ1) is 25.2. The predicted octanol–water partition coefficient (Wildman–Crippen LogP) is 4.64. The SMILES string of the molecule is C=N/C(=C(\C(=C)S)c1ccc(F)cc1OC)c1ccc(=O)n(C2CN(OC(=O)c3ccccc3)C2)c1. The standard InChI is InChI=1S/C27H24FN3O4S/c1-17(36)25(22-11-10-20(28)13-23(22)34-3)26(29-2)19-9-12-24(32)31(14-19)21-15-30(16-21)35-27(33)18-7-5-4-6-8-18/h4-14,21,36H,1-2,15-16H2,3H3/b26-25+. The second-order valence-electron chi connectivity index (χ2n) is 8.08. The summed E-state index contributed by atoms with van der Waals surface area (Å²) in [6.45, 7) is 8.32. The maximum Gasteiger partial charge on any atom is 0.357 e. The minimum atomic E-state index is -0.457. The third-order valence-corrected chi connectivity index (χ3v) is 6.00. The van der Waals surface area contributed by atoms with Gasteiger partial charge in [-0.3, -0.25) is 9.79 Å². The Labute approximate surface area is 213 Å². The molecule has 0 aliphatic carbocycles. The largest absolute Gasteiger partial charge is 0.496 e. The smallest absolute Gasteiger partial charge is 0.357 e. The first-order valence-corrected chi connectivity index (χ1v) is 11.4. The van der Waals surface area contributed by atoms with Gasteiger partial charge in [0.1, 0.15) is 11.6 Å². The van der Waals surface area contributed by atoms with E-state index in [1.54, 1.807) is 47.2 Å². The van der Waals surface area contributed by atoms with Crippen LogP contribution in [0.3, 0.4) is 0 Å². The third-order valence-electron chi connectivity index (χ3n) is 5.77. The number of hydrogen-bond acceptors (Lipinski definition) is 7. The molecule has 184 valence electrons. The molecule has 2 heterocycles. The lowest BCUT2D eigenvalue weighted by atomic mass is 9.98. The lowest BCUT2D eigenvalue weighted by molar-refractivity contribution is -0.169. The molecule has 9 heteroatoms. The number of nitrogens with zero attached hydrogens (tertiary/aromatic N) is 3. The van der Waals surface area contributed by atoms with Crippen molar-refractivity contribution in [1.82, 2.24) is 9.63 Å². The number of halogens is 1. The van der Waals surface area contributed by atoms with Crippen LogP contribution >= 0.6 is 12.6 Å². The van der Waals surface area contributed by atoms with Gasteiger partial charge in [0.15, 0.2) is 0 Å². The Morgan fingerprint density at radius 1 is 1.11 bits per heavy atom. The number of carbonyl (C=O) groups is 1. The number of allylic oxidation sites excluding steroid dienone is 1. The van der Waals surface area contributed by atoms with E-state index in [0.717, 1.165) is 0 Å². The summed E-state index contributed by atoms with van der Waals surface area (Å²) in [5.41, 5.74) is 2.24. The zero-order chi connectivity index (χ0) is 25.8. The number of aliphatic imine (C=N–C) groups is 1. The Morgan fingerprint density at radius 3 is 2.47 bits per heavy atom. The minimum Gasteiger partial charge on any atom is -0.496 e. The van der Waals surface area contributed by atoms with Crippen LogP contribution in [0.2, 0.25) is 0 Å². The summed E-state index contributed by atoms with van der Waals surface area (Å²) >= 11 is 4.44. The summed E-state index contributed by atoms with van der Waals surface area (Å²) in [5.74, 6) is -0.630. The third kappa shape index (κ3) is 5.17. The van der Waals surface area contributed by atoms with Crippen LogP contribution in [0.25, 0.3) is 11.3 Å². The van der Waals surface area contributed by atoms with Gasteiger partial charge in [-0.1, -0.05) is 24.8 Å². The van der Waals surface area contributed by atoms with E-state index in [4.69, 9.17) is 9.57 Å². The monoisotopic (exact) mass is 505 g/mol. The summed E-state index contributed by atoms with van der Waals surface area (Å²) in [6.07, 6.45) is 1.67. The summed E-state index contributed by atoms with van der Waals surface area (Å²) in [4.78, 5) is 34.9. The number of pyridine rings is 1. The summed E-state index contributed by atoms with van der Waals surface area (Å²) in [5, 5.41) is 1.51. The van der Waals surface area contributed by atoms with Crippen molar-refractivity contribution in [3.8, 4) is 5.75 Å². The molecular formula is C27H24FN3O4S. The molecule has 2 aromatic carbocycles. The van der Waals surface area contributed by atoms with Gasteiger partial charge in [0, 0.05) is 39.9 Å². The molecule has 7 nitrogen and oxygen atoms in total. The maximum atomic E-state index is 13.8. The second kappa shape index (κ2) is 10.8. The number of methoxy groups -OCH3 is 1. The van der Waals surface area contributed by atoms with E-state index in [-0.39, 0.29) is 17.4 Å². The average Bonchev–Trinajstić information content (AvgIpc) is 2.85. The van der Waals surface area contributed by atoms with E-state index < -0.39 is 11.8 Å². The topological polar surface area (TPSA) is 73.1 Å². The Morgan fingerprint density at radius 2 is 1.83 bits per heavy atom. The maximum absolute atomic E-state index is 13.8.